The summed E-state index contributed by atoms with van der Waals surface area (Å²) >= 11 is 0. The molecule has 1 unspecified atom stereocenters. The highest BCUT2D eigenvalue weighted by molar-refractivity contribution is 6.03. The van der Waals surface area contributed by atoms with Gasteiger partial charge >= 0.3 is 0 Å². The van der Waals surface area contributed by atoms with Crippen molar-refractivity contribution in [3.8, 4) is 0 Å². The molecule has 1 saturated carbocycles. The molecule has 1 aliphatic rings. The molecule has 2 heteroatoms. The minimum Gasteiger partial charge on any atom is -0.309 e. The second-order valence-corrected chi connectivity index (χ2v) is 2.69. The molecule has 0 aromatic carbocycles. The number of rotatable bonds is 0. The molecule has 0 saturated heterocycles. The van der Waals surface area contributed by atoms with Gasteiger partial charge in [0, 0.05) is 18.1 Å². The molecule has 9 heavy (non-hydrogen) atoms. The predicted molar refractivity (Wildman–Crippen MR) is 35.7 cm³/mol. The molecule has 0 bridgehead atoms. The van der Waals surface area contributed by atoms with Crippen molar-refractivity contribution in [2.45, 2.75) is 26.2 Å². The maximum Gasteiger partial charge on any atom is 0.141 e. The second kappa shape index (κ2) is 2.29. The monoisotopic (exact) mass is 125 g/mol. The van der Waals surface area contributed by atoms with Gasteiger partial charge in [-0.05, 0) is 12.8 Å². The van der Waals surface area contributed by atoms with E-state index in [1.807, 2.05) is 6.92 Å². The van der Waals surface area contributed by atoms with Crippen LogP contribution in [-0.4, -0.2) is 11.5 Å². The normalized spacial score (nSPS) is 28.8. The Kier molecular flexibility index (Phi) is 1.65. The highest BCUT2D eigenvalue weighted by atomic mass is 16.1. The molecule has 0 radical (unpaired) electrons. The van der Waals surface area contributed by atoms with Crippen molar-refractivity contribution < 1.29 is 4.79 Å². The van der Waals surface area contributed by atoms with Gasteiger partial charge in [-0.3, -0.25) is 4.79 Å². The van der Waals surface area contributed by atoms with Gasteiger partial charge in [-0.1, -0.05) is 6.92 Å². The van der Waals surface area contributed by atoms with Crippen molar-refractivity contribution >= 4 is 11.5 Å². The van der Waals surface area contributed by atoms with Crippen LogP contribution in [0.1, 0.15) is 26.2 Å². The van der Waals surface area contributed by atoms with Crippen molar-refractivity contribution in [1.82, 2.24) is 0 Å². The van der Waals surface area contributed by atoms with E-state index in [1.54, 1.807) is 0 Å². The minimum atomic E-state index is 0.207. The van der Waals surface area contributed by atoms with Gasteiger partial charge in [-0.15, -0.1) is 0 Å². The summed E-state index contributed by atoms with van der Waals surface area (Å²) in [5.74, 6) is 0.449. The lowest BCUT2D eigenvalue weighted by Gasteiger charge is -2.16. The van der Waals surface area contributed by atoms with Gasteiger partial charge in [0.15, 0.2) is 0 Å². The lowest BCUT2D eigenvalue weighted by molar-refractivity contribution is -0.121. The van der Waals surface area contributed by atoms with Gasteiger partial charge in [0.05, 0.1) is 0 Å². The molecule has 0 aromatic rings. The highest BCUT2D eigenvalue weighted by Crippen LogP contribution is 2.16. The van der Waals surface area contributed by atoms with Crippen molar-refractivity contribution in [3.63, 3.8) is 0 Å². The van der Waals surface area contributed by atoms with E-state index >= 15 is 0 Å². The van der Waals surface area contributed by atoms with Gasteiger partial charge in [0.2, 0.25) is 0 Å². The number of nitrogens with one attached hydrogen (secondary N) is 1. The zero-order chi connectivity index (χ0) is 6.85. The molecule has 1 atom stereocenters. The number of carbonyl (C=O) groups is 1. The zero-order valence-electron chi connectivity index (χ0n) is 5.61. The maximum atomic E-state index is 10.9. The molecule has 1 rings (SSSR count). The van der Waals surface area contributed by atoms with Crippen LogP contribution in [0.15, 0.2) is 0 Å². The number of ketones is 1. The number of carbonyl (C=O) groups excluding carboxylic acids is 1. The van der Waals surface area contributed by atoms with E-state index < -0.39 is 0 Å². The van der Waals surface area contributed by atoms with Crippen LogP contribution >= 0.6 is 0 Å². The summed E-state index contributed by atoms with van der Waals surface area (Å²) in [4.78, 5) is 10.9. The summed E-state index contributed by atoms with van der Waals surface area (Å²) in [6.07, 6.45) is 2.12. The molecule has 1 N–H and O–H groups in total. The predicted octanol–water partition coefficient (Wildman–Crippen LogP) is 1.40. The quantitative estimate of drug-likeness (QED) is 0.522. The fourth-order valence-electron chi connectivity index (χ4n) is 1.02. The Morgan fingerprint density at radius 2 is 2.33 bits per heavy atom. The molecular weight excluding hydrogens is 114 g/mol. The summed E-state index contributed by atoms with van der Waals surface area (Å²) in [6, 6.07) is 0. The molecule has 0 heterocycles. The Morgan fingerprint density at radius 3 is 2.78 bits per heavy atom. The topological polar surface area (TPSA) is 40.9 Å². The number of hydrogen-bond acceptors (Lipinski definition) is 2. The van der Waals surface area contributed by atoms with Crippen LogP contribution in [0.25, 0.3) is 0 Å². The molecule has 0 spiro atoms. The Labute approximate surface area is 54.8 Å². The fraction of sp³-hybridized carbons (Fsp3) is 0.714. The van der Waals surface area contributed by atoms with Crippen LogP contribution in [0.3, 0.4) is 0 Å². The van der Waals surface area contributed by atoms with Gasteiger partial charge in [-0.25, -0.2) is 0 Å². The average molecular weight is 125 g/mol. The molecule has 1 fully saturated rings. The van der Waals surface area contributed by atoms with Crippen molar-refractivity contribution in [1.29, 1.82) is 5.41 Å². The highest BCUT2D eigenvalue weighted by Gasteiger charge is 2.20. The Balaban J connectivity index is 2.54. The third kappa shape index (κ3) is 1.37. The van der Waals surface area contributed by atoms with E-state index in [0.29, 0.717) is 12.1 Å². The molecular formula is C7H11NO. The molecule has 0 aromatic heterocycles. The summed E-state index contributed by atoms with van der Waals surface area (Å²) in [5.41, 5.74) is 0.609. The first-order valence-corrected chi connectivity index (χ1v) is 3.29. The van der Waals surface area contributed by atoms with Crippen molar-refractivity contribution in [2.75, 3.05) is 0 Å². The summed E-state index contributed by atoms with van der Waals surface area (Å²) < 4.78 is 0. The SMILES string of the molecule is CC1CCC(=N)CC1=O. The lowest BCUT2D eigenvalue weighted by atomic mass is 9.88. The Bertz CT molecular complexity index is 151. The third-order valence-corrected chi connectivity index (χ3v) is 1.82. The largest absolute Gasteiger partial charge is 0.309 e. The van der Waals surface area contributed by atoms with E-state index in [0.717, 1.165) is 12.8 Å². The van der Waals surface area contributed by atoms with Crippen LogP contribution < -0.4 is 0 Å². The van der Waals surface area contributed by atoms with Gasteiger partial charge < -0.3 is 5.41 Å². The van der Waals surface area contributed by atoms with Crippen LogP contribution in [0.4, 0.5) is 0 Å². The fourth-order valence-corrected chi connectivity index (χ4v) is 1.02. The average Bonchev–Trinajstić information content (AvgIpc) is 1.80. The Morgan fingerprint density at radius 1 is 1.67 bits per heavy atom. The van der Waals surface area contributed by atoms with E-state index in [2.05, 4.69) is 0 Å². The molecule has 2 nitrogen and oxygen atoms in total. The molecule has 50 valence electrons. The van der Waals surface area contributed by atoms with E-state index in [1.165, 1.54) is 0 Å². The first kappa shape index (κ1) is 6.46. The van der Waals surface area contributed by atoms with E-state index in [9.17, 15) is 4.79 Å². The van der Waals surface area contributed by atoms with Crippen LogP contribution in [0, 0.1) is 11.3 Å². The van der Waals surface area contributed by atoms with Crippen LogP contribution in [-0.2, 0) is 4.79 Å². The van der Waals surface area contributed by atoms with E-state index in [-0.39, 0.29) is 11.7 Å². The smallest absolute Gasteiger partial charge is 0.141 e. The van der Waals surface area contributed by atoms with Gasteiger partial charge in [0.1, 0.15) is 5.78 Å². The van der Waals surface area contributed by atoms with Crippen molar-refractivity contribution in [2.24, 2.45) is 5.92 Å². The summed E-state index contributed by atoms with van der Waals surface area (Å²) in [5, 5.41) is 7.19. The number of Topliss-reactive ketones (excluding diaryl/α,β-unsaturated/α-hetero) is 1. The summed E-state index contributed by atoms with van der Waals surface area (Å²) in [6.45, 7) is 1.94. The molecule has 0 amide bonds. The van der Waals surface area contributed by atoms with Crippen LogP contribution in [0.5, 0.6) is 0 Å². The second-order valence-electron chi connectivity index (χ2n) is 2.69. The Hall–Kier alpha value is -0.660. The van der Waals surface area contributed by atoms with Crippen molar-refractivity contribution in [3.05, 3.63) is 0 Å². The van der Waals surface area contributed by atoms with Gasteiger partial charge in [-0.2, -0.15) is 0 Å². The third-order valence-electron chi connectivity index (χ3n) is 1.82. The lowest BCUT2D eigenvalue weighted by Crippen LogP contribution is -2.21. The molecule has 1 aliphatic carbocycles. The van der Waals surface area contributed by atoms with Crippen LogP contribution in [0.2, 0.25) is 0 Å². The van der Waals surface area contributed by atoms with Gasteiger partial charge in [0.25, 0.3) is 0 Å². The first-order chi connectivity index (χ1) is 4.20. The number of hydrogen-bond donors (Lipinski definition) is 1. The maximum absolute atomic E-state index is 10.9. The minimum absolute atomic E-state index is 0.207. The first-order valence-electron chi connectivity index (χ1n) is 3.29. The standard InChI is InChI=1S/C7H11NO/c1-5-2-3-6(8)4-7(5)9/h5,8H,2-4H2,1H3. The zero-order valence-corrected chi connectivity index (χ0v) is 5.61. The summed E-state index contributed by atoms with van der Waals surface area (Å²) in [7, 11) is 0. The van der Waals surface area contributed by atoms with E-state index in [4.69, 9.17) is 5.41 Å². The molecule has 0 aliphatic heterocycles.